The van der Waals surface area contributed by atoms with Gasteiger partial charge in [-0.2, -0.15) is 11.3 Å². The molecule has 0 unspecified atom stereocenters. The van der Waals surface area contributed by atoms with Gasteiger partial charge >= 0.3 is 0 Å². The third kappa shape index (κ3) is 5.01. The van der Waals surface area contributed by atoms with Crippen LogP contribution in [0.4, 0.5) is 5.82 Å². The predicted octanol–water partition coefficient (Wildman–Crippen LogP) is 1.61. The highest BCUT2D eigenvalue weighted by atomic mass is 32.2. The minimum atomic E-state index is -3.57. The van der Waals surface area contributed by atoms with Gasteiger partial charge in [-0.15, -0.1) is 0 Å². The van der Waals surface area contributed by atoms with E-state index in [1.807, 2.05) is 30.9 Å². The maximum Gasteiger partial charge on any atom is 0.242 e. The van der Waals surface area contributed by atoms with E-state index < -0.39 is 10.0 Å². The predicted molar refractivity (Wildman–Crippen MR) is 103 cm³/mol. The summed E-state index contributed by atoms with van der Waals surface area (Å²) in [6.07, 6.45) is 1.38. The lowest BCUT2D eigenvalue weighted by Gasteiger charge is -2.22. The number of nitrogens with zero attached hydrogens (tertiary/aromatic N) is 2. The highest BCUT2D eigenvalue weighted by Crippen LogP contribution is 2.19. The Morgan fingerprint density at radius 3 is 2.81 bits per heavy atom. The van der Waals surface area contributed by atoms with Crippen molar-refractivity contribution in [3.05, 3.63) is 40.7 Å². The van der Waals surface area contributed by atoms with Crippen molar-refractivity contribution in [2.45, 2.75) is 17.5 Å². The van der Waals surface area contributed by atoms with Crippen molar-refractivity contribution in [2.75, 3.05) is 39.2 Å². The number of thiophene rings is 1. The number of rotatable bonds is 8. The van der Waals surface area contributed by atoms with E-state index in [9.17, 15) is 8.42 Å². The lowest BCUT2D eigenvalue weighted by molar-refractivity contribution is 0.177. The highest BCUT2D eigenvalue weighted by Gasteiger charge is 2.28. The molecule has 3 heterocycles. The molecule has 0 bridgehead atoms. The monoisotopic (exact) mass is 396 g/mol. The molecule has 1 aliphatic heterocycles. The second-order valence-electron chi connectivity index (χ2n) is 6.65. The smallest absolute Gasteiger partial charge is 0.242 e. The van der Waals surface area contributed by atoms with Gasteiger partial charge in [0.15, 0.2) is 0 Å². The van der Waals surface area contributed by atoms with E-state index in [0.717, 1.165) is 18.7 Å². The quantitative estimate of drug-likeness (QED) is 0.705. The number of pyridine rings is 1. The summed E-state index contributed by atoms with van der Waals surface area (Å²) in [5.74, 6) is 1.03. The molecule has 142 valence electrons. The van der Waals surface area contributed by atoms with Crippen molar-refractivity contribution in [3.63, 3.8) is 0 Å². The maximum atomic E-state index is 12.4. The SMILES string of the molecule is CN(C)C[C@@H]1COC[C@H]1Nc1ccc(S(=O)(=O)NCc2ccsc2)cn1. The second kappa shape index (κ2) is 8.45. The molecule has 1 saturated heterocycles. The van der Waals surface area contributed by atoms with Gasteiger partial charge in [-0.1, -0.05) is 0 Å². The lowest BCUT2D eigenvalue weighted by atomic mass is 10.0. The van der Waals surface area contributed by atoms with E-state index in [-0.39, 0.29) is 17.5 Å². The van der Waals surface area contributed by atoms with Crippen LogP contribution in [0.1, 0.15) is 5.56 Å². The molecule has 2 aromatic rings. The number of hydrogen-bond donors (Lipinski definition) is 2. The molecule has 0 radical (unpaired) electrons. The van der Waals surface area contributed by atoms with Gasteiger partial charge in [0.1, 0.15) is 10.7 Å². The highest BCUT2D eigenvalue weighted by molar-refractivity contribution is 7.89. The molecule has 9 heteroatoms. The zero-order valence-corrected chi connectivity index (χ0v) is 16.5. The van der Waals surface area contributed by atoms with Crippen molar-refractivity contribution < 1.29 is 13.2 Å². The van der Waals surface area contributed by atoms with Crippen molar-refractivity contribution in [2.24, 2.45) is 5.92 Å². The summed E-state index contributed by atoms with van der Waals surface area (Å²) in [7, 11) is 0.502. The first kappa shape index (κ1) is 19.2. The third-order valence-electron chi connectivity index (χ3n) is 4.22. The normalized spacial score (nSPS) is 20.6. The van der Waals surface area contributed by atoms with Crippen LogP contribution in [0, 0.1) is 5.92 Å². The average molecular weight is 397 g/mol. The number of hydrogen-bond acceptors (Lipinski definition) is 7. The maximum absolute atomic E-state index is 12.4. The Hall–Kier alpha value is -1.52. The molecule has 0 spiro atoms. The molecule has 1 fully saturated rings. The molecular formula is C17H24N4O3S2. The fourth-order valence-electron chi connectivity index (χ4n) is 2.88. The summed E-state index contributed by atoms with van der Waals surface area (Å²) in [5, 5.41) is 7.19. The van der Waals surface area contributed by atoms with E-state index in [1.165, 1.54) is 17.5 Å². The van der Waals surface area contributed by atoms with Gasteiger partial charge < -0.3 is 15.0 Å². The molecule has 2 atom stereocenters. The second-order valence-corrected chi connectivity index (χ2v) is 9.19. The topological polar surface area (TPSA) is 83.6 Å². The van der Waals surface area contributed by atoms with Crippen molar-refractivity contribution in [3.8, 4) is 0 Å². The lowest BCUT2D eigenvalue weighted by Crippen LogP contribution is -2.35. The summed E-state index contributed by atoms with van der Waals surface area (Å²) >= 11 is 1.54. The Kier molecular flexibility index (Phi) is 6.25. The number of aromatic nitrogens is 1. The first-order chi connectivity index (χ1) is 12.4. The van der Waals surface area contributed by atoms with Crippen LogP contribution in [0.5, 0.6) is 0 Å². The number of sulfonamides is 1. The fourth-order valence-corrected chi connectivity index (χ4v) is 4.51. The molecule has 0 aromatic carbocycles. The van der Waals surface area contributed by atoms with Crippen molar-refractivity contribution in [1.82, 2.24) is 14.6 Å². The van der Waals surface area contributed by atoms with Crippen molar-refractivity contribution in [1.29, 1.82) is 0 Å². The van der Waals surface area contributed by atoms with Crippen LogP contribution in [-0.2, 0) is 21.3 Å². The van der Waals surface area contributed by atoms with Crippen LogP contribution in [0.25, 0.3) is 0 Å². The standard InChI is InChI=1S/C17H24N4O3S2/c1-21(2)9-14-10-24-11-16(14)20-17-4-3-15(8-18-17)26(22,23)19-7-13-5-6-25-12-13/h3-6,8,12,14,16,19H,7,9-11H2,1-2H3,(H,18,20)/t14-,16-/m1/s1. The van der Waals surface area contributed by atoms with Gasteiger partial charge in [0.2, 0.25) is 10.0 Å². The zero-order valence-electron chi connectivity index (χ0n) is 14.9. The van der Waals surface area contributed by atoms with E-state index in [4.69, 9.17) is 4.74 Å². The van der Waals surface area contributed by atoms with Crippen LogP contribution in [-0.4, -0.2) is 58.2 Å². The Balaban J connectivity index is 1.60. The van der Waals surface area contributed by atoms with Crippen molar-refractivity contribution >= 4 is 27.2 Å². The first-order valence-corrected chi connectivity index (χ1v) is 10.8. The minimum Gasteiger partial charge on any atom is -0.379 e. The molecule has 0 aliphatic carbocycles. The van der Waals surface area contributed by atoms with Gasteiger partial charge in [0, 0.05) is 25.2 Å². The third-order valence-corrected chi connectivity index (χ3v) is 6.34. The van der Waals surface area contributed by atoms with Gasteiger partial charge in [0.25, 0.3) is 0 Å². The minimum absolute atomic E-state index is 0.158. The number of ether oxygens (including phenoxy) is 1. The molecular weight excluding hydrogens is 372 g/mol. The van der Waals surface area contributed by atoms with Crippen LogP contribution in [0.15, 0.2) is 40.1 Å². The van der Waals surface area contributed by atoms with Crippen LogP contribution >= 0.6 is 11.3 Å². The van der Waals surface area contributed by atoms with Gasteiger partial charge in [-0.3, -0.25) is 0 Å². The molecule has 3 rings (SSSR count). The van der Waals surface area contributed by atoms with E-state index in [1.54, 1.807) is 12.1 Å². The molecule has 1 aliphatic rings. The Bertz CT molecular complexity index is 792. The van der Waals surface area contributed by atoms with E-state index >= 15 is 0 Å². The molecule has 0 saturated carbocycles. The molecule has 2 aromatic heterocycles. The summed E-state index contributed by atoms with van der Waals surface area (Å²) in [4.78, 5) is 6.56. The zero-order chi connectivity index (χ0) is 18.6. The Labute approximate surface area is 158 Å². The summed E-state index contributed by atoms with van der Waals surface area (Å²) in [5.41, 5.74) is 0.943. The van der Waals surface area contributed by atoms with Crippen LogP contribution in [0.3, 0.4) is 0 Å². The molecule has 0 amide bonds. The van der Waals surface area contributed by atoms with Gasteiger partial charge in [-0.05, 0) is 48.6 Å². The first-order valence-electron chi connectivity index (χ1n) is 8.40. The van der Waals surface area contributed by atoms with Crippen LogP contribution < -0.4 is 10.0 Å². The molecule has 7 nitrogen and oxygen atoms in total. The Morgan fingerprint density at radius 1 is 1.31 bits per heavy atom. The van der Waals surface area contributed by atoms with E-state index in [0.29, 0.717) is 18.3 Å². The summed E-state index contributed by atoms with van der Waals surface area (Å²) < 4.78 is 32.9. The van der Waals surface area contributed by atoms with Gasteiger partial charge in [0.05, 0.1) is 19.3 Å². The Morgan fingerprint density at radius 2 is 2.15 bits per heavy atom. The molecule has 2 N–H and O–H groups in total. The summed E-state index contributed by atoms with van der Waals surface area (Å²) in [6.45, 7) is 2.55. The number of nitrogens with one attached hydrogen (secondary N) is 2. The van der Waals surface area contributed by atoms with Crippen LogP contribution in [0.2, 0.25) is 0 Å². The summed E-state index contributed by atoms with van der Waals surface area (Å²) in [6, 6.07) is 5.34. The fraction of sp³-hybridized carbons (Fsp3) is 0.471. The van der Waals surface area contributed by atoms with E-state index in [2.05, 4.69) is 19.9 Å². The van der Waals surface area contributed by atoms with Gasteiger partial charge in [-0.25, -0.2) is 18.1 Å². The largest absolute Gasteiger partial charge is 0.379 e. The average Bonchev–Trinajstić information content (AvgIpc) is 3.26. The molecule has 26 heavy (non-hydrogen) atoms. The number of anilines is 1.